The van der Waals surface area contributed by atoms with Crippen molar-refractivity contribution in [2.75, 3.05) is 52.7 Å². The van der Waals surface area contributed by atoms with Crippen LogP contribution in [0.3, 0.4) is 0 Å². The number of aliphatic hydroxyl groups excluding tert-OH is 2. The molecular formula is C42H80N2O6. The monoisotopic (exact) mass is 709 g/mol. The average Bonchev–Trinajstić information content (AvgIpc) is 3.10. The third-order valence-electron chi connectivity index (χ3n) is 14.3. The quantitative estimate of drug-likeness (QED) is 0.115. The number of ether oxygens (including phenoxy) is 2. The third-order valence-corrected chi connectivity index (χ3v) is 14.3. The molecule has 0 bridgehead atoms. The maximum absolute atomic E-state index is 10.6. The van der Waals surface area contributed by atoms with Crippen LogP contribution in [0.5, 0.6) is 0 Å². The molecular weight excluding hydrogens is 628 g/mol. The Bertz CT molecular complexity index is 863. The molecule has 8 heteroatoms. The molecule has 4 atom stereocenters. The van der Waals surface area contributed by atoms with Crippen LogP contribution in [-0.2, 0) is 19.1 Å². The molecule has 0 spiro atoms. The van der Waals surface area contributed by atoms with Crippen LogP contribution in [0, 0.1) is 22.7 Å². The highest BCUT2D eigenvalue weighted by molar-refractivity contribution is 5.00. The van der Waals surface area contributed by atoms with Crippen molar-refractivity contribution in [3.05, 3.63) is 0 Å². The fourth-order valence-corrected chi connectivity index (χ4v) is 9.60. The number of hydrogen-bond acceptors (Lipinski definition) is 8. The van der Waals surface area contributed by atoms with Crippen LogP contribution >= 0.6 is 0 Å². The molecule has 294 valence electrons. The van der Waals surface area contributed by atoms with Gasteiger partial charge in [-0.2, -0.15) is 10.1 Å². The van der Waals surface area contributed by atoms with Gasteiger partial charge in [-0.3, -0.25) is 9.68 Å². The zero-order valence-corrected chi connectivity index (χ0v) is 33.5. The molecule has 2 saturated heterocycles. The highest BCUT2D eigenvalue weighted by Crippen LogP contribution is 2.49. The molecule has 4 rings (SSSR count). The second-order valence-corrected chi connectivity index (χ2v) is 18.5. The third kappa shape index (κ3) is 12.1. The van der Waals surface area contributed by atoms with Gasteiger partial charge >= 0.3 is 0 Å². The van der Waals surface area contributed by atoms with Crippen molar-refractivity contribution in [1.29, 1.82) is 0 Å². The number of aliphatic hydroxyl groups is 2. The Kier molecular flexibility index (Phi) is 17.3. The molecule has 4 fully saturated rings. The van der Waals surface area contributed by atoms with E-state index >= 15 is 0 Å². The highest BCUT2D eigenvalue weighted by atomic mass is 16.7. The smallest absolute Gasteiger partial charge is 0.103 e. The molecule has 0 aromatic rings. The molecule has 2 aliphatic heterocycles. The van der Waals surface area contributed by atoms with E-state index in [1.54, 1.807) is 0 Å². The fourth-order valence-electron chi connectivity index (χ4n) is 9.60. The Morgan fingerprint density at radius 1 is 0.540 bits per heavy atom. The summed E-state index contributed by atoms with van der Waals surface area (Å²) in [5.41, 5.74) is 0.295. The number of unbranched alkanes of at least 4 members (excludes halogenated alkanes) is 1. The van der Waals surface area contributed by atoms with E-state index in [1.807, 2.05) is 0 Å². The lowest BCUT2D eigenvalue weighted by Crippen LogP contribution is -2.59. The number of hydrogen-bond donors (Lipinski definition) is 2. The van der Waals surface area contributed by atoms with E-state index in [1.165, 1.54) is 103 Å². The maximum atomic E-state index is 10.6. The van der Waals surface area contributed by atoms with Crippen LogP contribution in [0.15, 0.2) is 0 Å². The van der Waals surface area contributed by atoms with E-state index in [-0.39, 0.29) is 48.3 Å². The lowest BCUT2D eigenvalue weighted by molar-refractivity contribution is -0.273. The van der Waals surface area contributed by atoms with E-state index < -0.39 is 12.2 Å². The first kappa shape index (κ1) is 42.4. The Morgan fingerprint density at radius 2 is 0.920 bits per heavy atom. The lowest BCUT2D eigenvalue weighted by atomic mass is 9.63. The van der Waals surface area contributed by atoms with Gasteiger partial charge in [0.15, 0.2) is 0 Å². The Labute approximate surface area is 307 Å². The molecule has 0 aromatic carbocycles. The van der Waals surface area contributed by atoms with E-state index in [0.29, 0.717) is 13.2 Å². The molecule has 4 unspecified atom stereocenters. The van der Waals surface area contributed by atoms with E-state index in [4.69, 9.17) is 19.1 Å². The van der Waals surface area contributed by atoms with Crippen molar-refractivity contribution in [2.45, 2.75) is 193 Å². The standard InChI is InChI=1S/C42H80N2O6/c1-39(2)41(5,25-21-35-17-9-7-10-18-35)23-15-27-43(39)49-33-37(45)31-47-29-13-14-30-48-32-38(46)34-50-44-28-16-24-42(6,40(44,3)4)26-22-36-19-11-8-12-20-36/h35-38,45-46H,7-34H2,1-6H3. The van der Waals surface area contributed by atoms with Crippen LogP contribution < -0.4 is 0 Å². The fraction of sp³-hybridized carbons (Fsp3) is 1.00. The predicted octanol–water partition coefficient (Wildman–Crippen LogP) is 8.87. The Hall–Kier alpha value is -0.320. The van der Waals surface area contributed by atoms with Gasteiger partial charge in [-0.15, -0.1) is 0 Å². The molecule has 0 amide bonds. The summed E-state index contributed by atoms with van der Waals surface area (Å²) in [6, 6.07) is 0. The SMILES string of the molecule is CC1(CCC2CCCCC2)CCCN(OCC(O)COCCCCOCC(O)CON2CCCC(C)(CCC3CCCCC3)C2(C)C)C1(C)C. The van der Waals surface area contributed by atoms with Crippen molar-refractivity contribution in [3.63, 3.8) is 0 Å². The van der Waals surface area contributed by atoms with Crippen molar-refractivity contribution in [1.82, 2.24) is 10.1 Å². The summed E-state index contributed by atoms with van der Waals surface area (Å²) in [6.45, 7) is 18.3. The molecule has 8 nitrogen and oxygen atoms in total. The summed E-state index contributed by atoms with van der Waals surface area (Å²) in [6.07, 6.45) is 24.4. The van der Waals surface area contributed by atoms with Gasteiger partial charge in [-0.1, -0.05) is 78.1 Å². The van der Waals surface area contributed by atoms with Crippen LogP contribution in [-0.4, -0.2) is 96.4 Å². The van der Waals surface area contributed by atoms with Gasteiger partial charge < -0.3 is 19.7 Å². The van der Waals surface area contributed by atoms with E-state index in [2.05, 4.69) is 51.7 Å². The summed E-state index contributed by atoms with van der Waals surface area (Å²) in [7, 11) is 0. The van der Waals surface area contributed by atoms with Crippen molar-refractivity contribution >= 4 is 0 Å². The molecule has 0 aromatic heterocycles. The minimum Gasteiger partial charge on any atom is -0.388 e. The summed E-state index contributed by atoms with van der Waals surface area (Å²) in [5, 5.41) is 25.5. The first-order valence-corrected chi connectivity index (χ1v) is 21.2. The summed E-state index contributed by atoms with van der Waals surface area (Å²) >= 11 is 0. The van der Waals surface area contributed by atoms with Gasteiger partial charge in [0.25, 0.3) is 0 Å². The van der Waals surface area contributed by atoms with Crippen LogP contribution in [0.1, 0.15) is 170 Å². The van der Waals surface area contributed by atoms with Crippen molar-refractivity contribution < 1.29 is 29.4 Å². The minimum atomic E-state index is -0.646. The summed E-state index contributed by atoms with van der Waals surface area (Å²) < 4.78 is 11.6. The summed E-state index contributed by atoms with van der Waals surface area (Å²) in [5.74, 6) is 1.80. The Balaban J connectivity index is 1.02. The van der Waals surface area contributed by atoms with Crippen LogP contribution in [0.25, 0.3) is 0 Å². The van der Waals surface area contributed by atoms with Gasteiger partial charge in [-0.05, 0) is 115 Å². The van der Waals surface area contributed by atoms with Gasteiger partial charge in [0.1, 0.15) is 12.2 Å². The van der Waals surface area contributed by atoms with Crippen LogP contribution in [0.2, 0.25) is 0 Å². The first-order valence-electron chi connectivity index (χ1n) is 21.2. The number of rotatable bonds is 21. The minimum absolute atomic E-state index is 0.0699. The van der Waals surface area contributed by atoms with E-state index in [0.717, 1.165) is 50.6 Å². The Morgan fingerprint density at radius 3 is 1.30 bits per heavy atom. The van der Waals surface area contributed by atoms with Crippen molar-refractivity contribution in [2.24, 2.45) is 22.7 Å². The molecule has 4 aliphatic rings. The average molecular weight is 709 g/mol. The normalized spacial score (nSPS) is 30.0. The second kappa shape index (κ2) is 20.4. The predicted molar refractivity (Wildman–Crippen MR) is 203 cm³/mol. The number of nitrogens with zero attached hydrogens (tertiary/aromatic N) is 2. The summed E-state index contributed by atoms with van der Waals surface area (Å²) in [4.78, 5) is 12.5. The molecule has 2 aliphatic carbocycles. The maximum Gasteiger partial charge on any atom is 0.103 e. The lowest BCUT2D eigenvalue weighted by Gasteiger charge is -2.54. The molecule has 2 saturated carbocycles. The van der Waals surface area contributed by atoms with Gasteiger partial charge in [0.2, 0.25) is 0 Å². The highest BCUT2D eigenvalue weighted by Gasteiger charge is 2.49. The number of piperidine rings is 2. The largest absolute Gasteiger partial charge is 0.388 e. The van der Waals surface area contributed by atoms with Crippen LogP contribution in [0.4, 0.5) is 0 Å². The topological polar surface area (TPSA) is 83.9 Å². The molecule has 2 heterocycles. The molecule has 50 heavy (non-hydrogen) atoms. The number of hydroxylamine groups is 4. The zero-order valence-electron chi connectivity index (χ0n) is 33.5. The second-order valence-electron chi connectivity index (χ2n) is 18.5. The van der Waals surface area contributed by atoms with Crippen molar-refractivity contribution in [3.8, 4) is 0 Å². The van der Waals surface area contributed by atoms with E-state index in [9.17, 15) is 10.2 Å². The molecule has 2 N–H and O–H groups in total. The van der Waals surface area contributed by atoms with Gasteiger partial charge in [0, 0.05) is 37.4 Å². The molecule has 0 radical (unpaired) electrons. The first-order chi connectivity index (χ1) is 23.9. The van der Waals surface area contributed by atoms with Gasteiger partial charge in [-0.25, -0.2) is 0 Å². The van der Waals surface area contributed by atoms with Gasteiger partial charge in [0.05, 0.1) is 26.4 Å². The zero-order chi connectivity index (χ0) is 36.1.